The molecule has 2 rings (SSSR count). The molecule has 2 N–H and O–H groups in total. The Balaban J connectivity index is 2.08. The minimum Gasteiger partial charge on any atom is -0.465 e. The second kappa shape index (κ2) is 9.36. The predicted octanol–water partition coefficient (Wildman–Crippen LogP) is 2.80. The van der Waals surface area contributed by atoms with Crippen LogP contribution in [-0.4, -0.2) is 29.5 Å². The number of hydrazine groups is 1. The number of carbonyl (C=O) groups is 2. The lowest BCUT2D eigenvalue weighted by atomic mass is 10.1. The Morgan fingerprint density at radius 2 is 1.80 bits per heavy atom. The summed E-state index contributed by atoms with van der Waals surface area (Å²) < 4.78 is 5.05. The molecule has 1 aromatic heterocycles. The summed E-state index contributed by atoms with van der Waals surface area (Å²) >= 11 is 11.9. The van der Waals surface area contributed by atoms with Gasteiger partial charge in [-0.1, -0.05) is 53.5 Å². The Morgan fingerprint density at radius 3 is 2.40 bits per heavy atom. The smallest absolute Gasteiger partial charge is 0.325 e. The van der Waals surface area contributed by atoms with Crippen molar-refractivity contribution in [3.05, 3.63) is 63.9 Å². The van der Waals surface area contributed by atoms with E-state index in [2.05, 4.69) is 15.8 Å². The summed E-state index contributed by atoms with van der Waals surface area (Å²) in [6.45, 7) is 1.95. The van der Waals surface area contributed by atoms with Crippen molar-refractivity contribution in [2.75, 3.05) is 6.61 Å². The third kappa shape index (κ3) is 5.42. The number of hydrogen-bond acceptors (Lipinski definition) is 5. The average Bonchev–Trinajstić information content (AvgIpc) is 2.59. The van der Waals surface area contributed by atoms with Crippen LogP contribution in [0.4, 0.5) is 0 Å². The molecule has 0 unspecified atom stereocenters. The molecule has 8 heteroatoms. The molecule has 0 saturated heterocycles. The summed E-state index contributed by atoms with van der Waals surface area (Å²) in [6.07, 6.45) is 2.97. The van der Waals surface area contributed by atoms with E-state index in [9.17, 15) is 9.59 Å². The number of benzene rings is 1. The quantitative estimate of drug-likeness (QED) is 0.569. The predicted molar refractivity (Wildman–Crippen MR) is 95.4 cm³/mol. The van der Waals surface area contributed by atoms with E-state index in [1.165, 1.54) is 12.4 Å². The largest absolute Gasteiger partial charge is 0.465 e. The zero-order chi connectivity index (χ0) is 18.2. The van der Waals surface area contributed by atoms with Crippen molar-refractivity contribution in [3.63, 3.8) is 0 Å². The van der Waals surface area contributed by atoms with Crippen molar-refractivity contribution in [2.24, 2.45) is 0 Å². The van der Waals surface area contributed by atoms with E-state index in [0.29, 0.717) is 6.42 Å². The number of amides is 1. The first-order valence-electron chi connectivity index (χ1n) is 7.58. The van der Waals surface area contributed by atoms with Crippen LogP contribution in [0.25, 0.3) is 0 Å². The SMILES string of the molecule is CCOC(=O)[C@H](Cc1ccccc1)NNC(=O)c1c(Cl)cncc1Cl. The fraction of sp³-hybridized carbons (Fsp3) is 0.235. The molecule has 0 aliphatic carbocycles. The number of hydrogen-bond donors (Lipinski definition) is 2. The van der Waals surface area contributed by atoms with Gasteiger partial charge < -0.3 is 4.74 Å². The maximum atomic E-state index is 12.3. The summed E-state index contributed by atoms with van der Waals surface area (Å²) in [7, 11) is 0. The van der Waals surface area contributed by atoms with Crippen LogP contribution in [0.3, 0.4) is 0 Å². The van der Waals surface area contributed by atoms with Crippen molar-refractivity contribution in [3.8, 4) is 0 Å². The van der Waals surface area contributed by atoms with Crippen LogP contribution in [0.1, 0.15) is 22.8 Å². The summed E-state index contributed by atoms with van der Waals surface area (Å²) in [6, 6.07) is 8.62. The number of aromatic nitrogens is 1. The Kier molecular flexibility index (Phi) is 7.18. The zero-order valence-electron chi connectivity index (χ0n) is 13.5. The molecule has 0 aliphatic heterocycles. The van der Waals surface area contributed by atoms with Gasteiger partial charge in [-0.15, -0.1) is 0 Å². The molecule has 0 radical (unpaired) electrons. The van der Waals surface area contributed by atoms with Gasteiger partial charge in [0.1, 0.15) is 6.04 Å². The number of ether oxygens (including phenoxy) is 1. The molecule has 25 heavy (non-hydrogen) atoms. The topological polar surface area (TPSA) is 80.3 Å². The van der Waals surface area contributed by atoms with Crippen LogP contribution >= 0.6 is 23.2 Å². The first kappa shape index (κ1) is 19.2. The van der Waals surface area contributed by atoms with E-state index in [1.54, 1.807) is 6.92 Å². The lowest BCUT2D eigenvalue weighted by Gasteiger charge is -2.18. The van der Waals surface area contributed by atoms with Gasteiger partial charge in [0.15, 0.2) is 0 Å². The summed E-state index contributed by atoms with van der Waals surface area (Å²) in [5, 5.41) is 0.227. The normalized spacial score (nSPS) is 11.6. The van der Waals surface area contributed by atoms with Gasteiger partial charge in [-0.25, -0.2) is 5.43 Å². The number of esters is 1. The fourth-order valence-corrected chi connectivity index (χ4v) is 2.67. The molecule has 0 spiro atoms. The molecular weight excluding hydrogens is 365 g/mol. The number of halogens is 2. The first-order valence-corrected chi connectivity index (χ1v) is 8.34. The molecule has 6 nitrogen and oxygen atoms in total. The lowest BCUT2D eigenvalue weighted by molar-refractivity contribution is -0.145. The van der Waals surface area contributed by atoms with Crippen LogP contribution in [-0.2, 0) is 16.0 Å². The Hall–Kier alpha value is -2.15. The van der Waals surface area contributed by atoms with E-state index < -0.39 is 17.9 Å². The van der Waals surface area contributed by atoms with Gasteiger partial charge in [0.25, 0.3) is 5.91 Å². The third-order valence-corrected chi connectivity index (χ3v) is 3.87. The van der Waals surface area contributed by atoms with Gasteiger partial charge in [-0.3, -0.25) is 20.0 Å². The van der Waals surface area contributed by atoms with Crippen molar-refractivity contribution in [1.29, 1.82) is 0 Å². The maximum Gasteiger partial charge on any atom is 0.325 e. The maximum absolute atomic E-state index is 12.3. The molecule has 0 aliphatic rings. The number of carbonyl (C=O) groups excluding carboxylic acids is 2. The fourth-order valence-electron chi connectivity index (χ4n) is 2.13. The number of nitrogens with zero attached hydrogens (tertiary/aromatic N) is 1. The van der Waals surface area contributed by atoms with Crippen molar-refractivity contribution >= 4 is 35.1 Å². The second-order valence-electron chi connectivity index (χ2n) is 5.07. The molecular formula is C17H17Cl2N3O3. The van der Waals surface area contributed by atoms with Crippen LogP contribution in [0.15, 0.2) is 42.7 Å². The van der Waals surface area contributed by atoms with Crippen molar-refractivity contribution in [2.45, 2.75) is 19.4 Å². The van der Waals surface area contributed by atoms with Crippen LogP contribution in [0.5, 0.6) is 0 Å². The van der Waals surface area contributed by atoms with Gasteiger partial charge in [-0.05, 0) is 12.5 Å². The number of pyridine rings is 1. The third-order valence-electron chi connectivity index (χ3n) is 3.29. The minimum absolute atomic E-state index is 0.0770. The van der Waals surface area contributed by atoms with E-state index in [-0.39, 0.29) is 22.2 Å². The van der Waals surface area contributed by atoms with Crippen molar-refractivity contribution < 1.29 is 14.3 Å². The molecule has 0 saturated carbocycles. The van der Waals surface area contributed by atoms with Gasteiger partial charge >= 0.3 is 5.97 Å². The van der Waals surface area contributed by atoms with Crippen LogP contribution in [0.2, 0.25) is 10.0 Å². The Morgan fingerprint density at radius 1 is 1.16 bits per heavy atom. The molecule has 1 amide bonds. The molecule has 1 heterocycles. The average molecular weight is 382 g/mol. The number of rotatable bonds is 7. The highest BCUT2D eigenvalue weighted by atomic mass is 35.5. The molecule has 1 atom stereocenters. The highest BCUT2D eigenvalue weighted by molar-refractivity contribution is 6.39. The lowest BCUT2D eigenvalue weighted by Crippen LogP contribution is -2.50. The first-order chi connectivity index (χ1) is 12.0. The van der Waals surface area contributed by atoms with Gasteiger partial charge in [0.2, 0.25) is 0 Å². The van der Waals surface area contributed by atoms with E-state index in [1.807, 2.05) is 30.3 Å². The van der Waals surface area contributed by atoms with E-state index in [0.717, 1.165) is 5.56 Å². The minimum atomic E-state index is -0.759. The Bertz CT molecular complexity index is 721. The Labute approximate surface area is 155 Å². The highest BCUT2D eigenvalue weighted by Gasteiger charge is 2.22. The van der Waals surface area contributed by atoms with Crippen LogP contribution in [0, 0.1) is 0 Å². The standard InChI is InChI=1S/C17H17Cl2N3O3/c1-2-25-17(24)14(8-11-6-4-3-5-7-11)21-22-16(23)15-12(18)9-20-10-13(15)19/h3-7,9-10,14,21H,2,8H2,1H3,(H,22,23)/t14-/m0/s1. The van der Waals surface area contributed by atoms with E-state index >= 15 is 0 Å². The molecule has 1 aromatic carbocycles. The highest BCUT2D eigenvalue weighted by Crippen LogP contribution is 2.22. The van der Waals surface area contributed by atoms with Gasteiger partial charge in [0.05, 0.1) is 22.2 Å². The van der Waals surface area contributed by atoms with Crippen molar-refractivity contribution in [1.82, 2.24) is 15.8 Å². The summed E-state index contributed by atoms with van der Waals surface area (Å²) in [5.41, 5.74) is 6.14. The van der Waals surface area contributed by atoms with Crippen LogP contribution < -0.4 is 10.9 Å². The molecule has 0 fully saturated rings. The summed E-state index contributed by atoms with van der Waals surface area (Å²) in [4.78, 5) is 28.2. The second-order valence-corrected chi connectivity index (χ2v) is 5.89. The molecule has 132 valence electrons. The van der Waals surface area contributed by atoms with Gasteiger partial charge in [-0.2, -0.15) is 0 Å². The summed E-state index contributed by atoms with van der Waals surface area (Å²) in [5.74, 6) is -1.04. The molecule has 0 bridgehead atoms. The zero-order valence-corrected chi connectivity index (χ0v) is 15.0. The monoisotopic (exact) mass is 381 g/mol. The molecule has 2 aromatic rings. The van der Waals surface area contributed by atoms with E-state index in [4.69, 9.17) is 27.9 Å². The van der Waals surface area contributed by atoms with Gasteiger partial charge in [0, 0.05) is 18.8 Å². The number of nitrogens with one attached hydrogen (secondary N) is 2.